The smallest absolute Gasteiger partial charge is 0.265 e. The maximum Gasteiger partial charge on any atom is 0.265 e. The summed E-state index contributed by atoms with van der Waals surface area (Å²) in [6.07, 6.45) is -0.661. The molecule has 24 heavy (non-hydrogen) atoms. The summed E-state index contributed by atoms with van der Waals surface area (Å²) >= 11 is 1.61. The largest absolute Gasteiger partial charge is 0.485 e. The summed E-state index contributed by atoms with van der Waals surface area (Å²) in [7, 11) is 0. The van der Waals surface area contributed by atoms with Gasteiger partial charge in [-0.15, -0.1) is 0 Å². The molecule has 3 aromatic rings. The number of fused-ring (bicyclic) bond motifs is 1. The molecule has 3 heterocycles. The van der Waals surface area contributed by atoms with Crippen LogP contribution in [0, 0.1) is 0 Å². The first-order chi connectivity index (χ1) is 11.8. The zero-order valence-corrected chi connectivity index (χ0v) is 13.5. The molecule has 0 saturated heterocycles. The molecule has 1 atom stereocenters. The Labute approximate surface area is 142 Å². The minimum atomic E-state index is -0.661. The predicted molar refractivity (Wildman–Crippen MR) is 90.2 cm³/mol. The normalized spacial score (nSPS) is 15.9. The lowest BCUT2D eigenvalue weighted by Crippen LogP contribution is -2.43. The van der Waals surface area contributed by atoms with Gasteiger partial charge in [-0.2, -0.15) is 11.3 Å². The molecule has 0 radical (unpaired) electrons. The number of carbonyl (C=O) groups excluding carboxylic acids is 1. The minimum absolute atomic E-state index is 0.196. The number of rotatable bonds is 4. The van der Waals surface area contributed by atoms with E-state index in [0.29, 0.717) is 23.8 Å². The molecule has 1 aromatic carbocycles. The standard InChI is InChI=1S/C18H15NO4S/c20-18(17-10-21-15-3-1-2-4-16(15)23-17)19-9-13-5-6-14(22-13)12-7-8-24-11-12/h1-8,11,17H,9-10H2,(H,19,20). The SMILES string of the molecule is O=C(NCc1ccc(-c2ccsc2)o1)C1COc2ccccc2O1. The van der Waals surface area contributed by atoms with Gasteiger partial charge >= 0.3 is 0 Å². The number of carbonyl (C=O) groups is 1. The molecule has 1 aliphatic rings. The topological polar surface area (TPSA) is 60.7 Å². The van der Waals surface area contributed by atoms with Crippen molar-refractivity contribution in [1.29, 1.82) is 0 Å². The second kappa shape index (κ2) is 6.41. The van der Waals surface area contributed by atoms with Crippen molar-refractivity contribution in [3.63, 3.8) is 0 Å². The first kappa shape index (κ1) is 14.8. The van der Waals surface area contributed by atoms with E-state index >= 15 is 0 Å². The number of furan rings is 1. The van der Waals surface area contributed by atoms with Gasteiger partial charge in [0.1, 0.15) is 18.1 Å². The monoisotopic (exact) mass is 341 g/mol. The van der Waals surface area contributed by atoms with Crippen LogP contribution in [0.25, 0.3) is 11.3 Å². The summed E-state index contributed by atoms with van der Waals surface area (Å²) in [6, 6.07) is 13.1. The average molecular weight is 341 g/mol. The van der Waals surface area contributed by atoms with Crippen LogP contribution in [0.5, 0.6) is 11.5 Å². The number of thiophene rings is 1. The Morgan fingerprint density at radius 1 is 1.17 bits per heavy atom. The summed E-state index contributed by atoms with van der Waals surface area (Å²) in [6.45, 7) is 0.506. The van der Waals surface area contributed by atoms with Crippen molar-refractivity contribution in [1.82, 2.24) is 5.32 Å². The lowest BCUT2D eigenvalue weighted by Gasteiger charge is -2.25. The van der Waals surface area contributed by atoms with Crippen molar-refractivity contribution >= 4 is 17.2 Å². The molecule has 122 valence electrons. The molecule has 1 unspecified atom stereocenters. The summed E-state index contributed by atoms with van der Waals surface area (Å²) in [5.74, 6) is 2.51. The van der Waals surface area contributed by atoms with Gasteiger partial charge in [0.25, 0.3) is 5.91 Å². The molecule has 2 aromatic heterocycles. The first-order valence-electron chi connectivity index (χ1n) is 7.57. The molecule has 0 bridgehead atoms. The lowest BCUT2D eigenvalue weighted by atomic mass is 10.2. The Balaban J connectivity index is 1.36. The van der Waals surface area contributed by atoms with E-state index in [4.69, 9.17) is 13.9 Å². The van der Waals surface area contributed by atoms with E-state index in [1.165, 1.54) is 0 Å². The van der Waals surface area contributed by atoms with Gasteiger partial charge in [0.2, 0.25) is 6.10 Å². The van der Waals surface area contributed by atoms with Crippen LogP contribution in [0.4, 0.5) is 0 Å². The number of hydrogen-bond acceptors (Lipinski definition) is 5. The van der Waals surface area contributed by atoms with Gasteiger partial charge in [0, 0.05) is 10.9 Å². The third kappa shape index (κ3) is 3.00. The van der Waals surface area contributed by atoms with Crippen molar-refractivity contribution in [3.05, 3.63) is 59.0 Å². The van der Waals surface area contributed by atoms with Gasteiger partial charge in [0.15, 0.2) is 11.5 Å². The number of amides is 1. The first-order valence-corrected chi connectivity index (χ1v) is 8.51. The van der Waals surface area contributed by atoms with Gasteiger partial charge < -0.3 is 19.2 Å². The minimum Gasteiger partial charge on any atom is -0.485 e. The number of para-hydroxylation sites is 2. The van der Waals surface area contributed by atoms with Crippen LogP contribution < -0.4 is 14.8 Å². The second-order valence-corrected chi connectivity index (χ2v) is 6.14. The Morgan fingerprint density at radius 2 is 2.04 bits per heavy atom. The highest BCUT2D eigenvalue weighted by atomic mass is 32.1. The molecule has 6 heteroatoms. The molecule has 1 aliphatic heterocycles. The molecule has 0 spiro atoms. The van der Waals surface area contributed by atoms with Crippen molar-refractivity contribution in [2.45, 2.75) is 12.6 Å². The summed E-state index contributed by atoms with van der Waals surface area (Å²) < 4.78 is 17.0. The van der Waals surface area contributed by atoms with E-state index in [1.807, 2.05) is 47.2 Å². The Bertz CT molecular complexity index is 840. The fraction of sp³-hybridized carbons (Fsp3) is 0.167. The quantitative estimate of drug-likeness (QED) is 0.789. The van der Waals surface area contributed by atoms with Gasteiger partial charge in [-0.25, -0.2) is 0 Å². The molecule has 5 nitrogen and oxygen atoms in total. The van der Waals surface area contributed by atoms with E-state index in [0.717, 1.165) is 11.3 Å². The van der Waals surface area contributed by atoms with E-state index in [1.54, 1.807) is 17.4 Å². The van der Waals surface area contributed by atoms with Crippen LogP contribution in [0.3, 0.4) is 0 Å². The molecule has 4 rings (SSSR count). The molecule has 1 N–H and O–H groups in total. The molecule has 0 saturated carbocycles. The van der Waals surface area contributed by atoms with Crippen molar-refractivity contribution in [2.24, 2.45) is 0 Å². The van der Waals surface area contributed by atoms with Crippen LogP contribution >= 0.6 is 11.3 Å². The van der Waals surface area contributed by atoms with Crippen molar-refractivity contribution in [3.8, 4) is 22.8 Å². The fourth-order valence-electron chi connectivity index (χ4n) is 2.47. The Hall–Kier alpha value is -2.73. The van der Waals surface area contributed by atoms with Crippen LogP contribution in [-0.2, 0) is 11.3 Å². The zero-order chi connectivity index (χ0) is 16.4. The van der Waals surface area contributed by atoms with Crippen molar-refractivity contribution in [2.75, 3.05) is 6.61 Å². The molecule has 0 aliphatic carbocycles. The maximum atomic E-state index is 12.3. The number of benzene rings is 1. The number of nitrogens with one attached hydrogen (secondary N) is 1. The van der Waals surface area contributed by atoms with Gasteiger partial charge in [-0.05, 0) is 35.7 Å². The van der Waals surface area contributed by atoms with Gasteiger partial charge in [0.05, 0.1) is 6.54 Å². The molecule has 0 fully saturated rings. The molecule has 1 amide bonds. The highest BCUT2D eigenvalue weighted by Gasteiger charge is 2.27. The fourth-order valence-corrected chi connectivity index (χ4v) is 3.11. The van der Waals surface area contributed by atoms with E-state index < -0.39 is 6.10 Å². The third-order valence-electron chi connectivity index (χ3n) is 3.71. The van der Waals surface area contributed by atoms with Crippen LogP contribution in [0.2, 0.25) is 0 Å². The molecular weight excluding hydrogens is 326 g/mol. The highest BCUT2D eigenvalue weighted by Crippen LogP contribution is 2.31. The highest BCUT2D eigenvalue weighted by molar-refractivity contribution is 7.08. The van der Waals surface area contributed by atoms with Gasteiger partial charge in [-0.1, -0.05) is 12.1 Å². The Kier molecular flexibility index (Phi) is 3.96. The van der Waals surface area contributed by atoms with E-state index in [9.17, 15) is 4.79 Å². The third-order valence-corrected chi connectivity index (χ3v) is 4.39. The summed E-state index contributed by atoms with van der Waals surface area (Å²) in [4.78, 5) is 12.3. The number of ether oxygens (including phenoxy) is 2. The van der Waals surface area contributed by atoms with Crippen LogP contribution in [0.15, 0.2) is 57.6 Å². The average Bonchev–Trinajstić information content (AvgIpc) is 3.30. The predicted octanol–water partition coefficient (Wildman–Crippen LogP) is 3.46. The summed E-state index contributed by atoms with van der Waals surface area (Å²) in [5, 5.41) is 6.84. The molecular formula is C18H15NO4S. The maximum absolute atomic E-state index is 12.3. The summed E-state index contributed by atoms with van der Waals surface area (Å²) in [5.41, 5.74) is 1.04. The Morgan fingerprint density at radius 3 is 2.88 bits per heavy atom. The van der Waals surface area contributed by atoms with E-state index in [2.05, 4.69) is 5.32 Å². The second-order valence-electron chi connectivity index (χ2n) is 5.36. The van der Waals surface area contributed by atoms with Crippen molar-refractivity contribution < 1.29 is 18.7 Å². The van der Waals surface area contributed by atoms with Crippen LogP contribution in [-0.4, -0.2) is 18.6 Å². The van der Waals surface area contributed by atoms with E-state index in [-0.39, 0.29) is 12.5 Å². The zero-order valence-electron chi connectivity index (χ0n) is 12.7. The van der Waals surface area contributed by atoms with Crippen LogP contribution in [0.1, 0.15) is 5.76 Å². The lowest BCUT2D eigenvalue weighted by molar-refractivity contribution is -0.130. The van der Waals surface area contributed by atoms with Gasteiger partial charge in [-0.3, -0.25) is 4.79 Å². The number of hydrogen-bond donors (Lipinski definition) is 1.